The fraction of sp³-hybridized carbons (Fsp3) is 0.615. The first-order chi connectivity index (χ1) is 7.20. The van der Waals surface area contributed by atoms with Crippen molar-refractivity contribution in [2.24, 2.45) is 7.05 Å². The maximum Gasteiger partial charge on any atom is 0.106 e. The van der Waals surface area contributed by atoms with E-state index >= 15 is 0 Å². The lowest BCUT2D eigenvalue weighted by molar-refractivity contribution is 0.797. The lowest BCUT2D eigenvalue weighted by Gasteiger charge is -1.99. The molecule has 1 aromatic rings. The highest BCUT2D eigenvalue weighted by molar-refractivity contribution is 5.48. The van der Waals surface area contributed by atoms with E-state index in [1.165, 1.54) is 5.69 Å². The fourth-order valence-electron chi connectivity index (χ4n) is 1.46. The monoisotopic (exact) mass is 208 g/mol. The van der Waals surface area contributed by atoms with Gasteiger partial charge in [0.1, 0.15) is 5.82 Å². The molecule has 0 aliphatic carbocycles. The molecule has 0 aliphatic heterocycles. The lowest BCUT2D eigenvalue weighted by Crippen LogP contribution is -1.97. The van der Waals surface area contributed by atoms with Gasteiger partial charge in [-0.2, -0.15) is 0 Å². The van der Waals surface area contributed by atoms with Gasteiger partial charge in [0.15, 0.2) is 0 Å². The minimum atomic E-state index is 1.04. The Labute approximate surface area is 94.0 Å². The Morgan fingerprint density at radius 3 is 2.33 bits per heavy atom. The molecule has 0 unspecified atom stereocenters. The summed E-state index contributed by atoms with van der Waals surface area (Å²) < 4.78 is 2.16. The van der Waals surface area contributed by atoms with E-state index < -0.39 is 0 Å². The summed E-state index contributed by atoms with van der Waals surface area (Å²) in [6.45, 7) is 10.3. The van der Waals surface area contributed by atoms with Crippen molar-refractivity contribution in [2.75, 3.05) is 0 Å². The summed E-state index contributed by atoms with van der Waals surface area (Å²) in [4.78, 5) is 4.49. The zero-order valence-corrected chi connectivity index (χ0v) is 11.0. The van der Waals surface area contributed by atoms with Crippen LogP contribution >= 0.6 is 0 Å². The largest absolute Gasteiger partial charge is 0.335 e. The van der Waals surface area contributed by atoms with Crippen molar-refractivity contribution in [3.63, 3.8) is 0 Å². The van der Waals surface area contributed by atoms with Gasteiger partial charge < -0.3 is 4.57 Å². The molecule has 0 saturated carbocycles. The normalized spacial score (nSPS) is 10.3. The molecule has 0 N–H and O–H groups in total. The molecule has 1 heterocycles. The molecule has 0 radical (unpaired) electrons. The number of aryl methyl sites for hydroxylation is 1. The Morgan fingerprint density at radius 2 is 1.87 bits per heavy atom. The zero-order chi connectivity index (χ0) is 11.8. The topological polar surface area (TPSA) is 17.8 Å². The summed E-state index contributed by atoms with van der Waals surface area (Å²) in [6.07, 6.45) is 6.38. The van der Waals surface area contributed by atoms with Crippen LogP contribution in [0.15, 0.2) is 6.08 Å². The second kappa shape index (κ2) is 7.27. The van der Waals surface area contributed by atoms with Crippen LogP contribution in [0.2, 0.25) is 0 Å². The van der Waals surface area contributed by atoms with Gasteiger partial charge in [0.25, 0.3) is 0 Å². The number of rotatable bonds is 3. The Bertz CT molecular complexity index is 309. The summed E-state index contributed by atoms with van der Waals surface area (Å²) in [6, 6.07) is 0. The average molecular weight is 208 g/mol. The molecule has 0 amide bonds. The second-order valence-corrected chi connectivity index (χ2v) is 3.21. The van der Waals surface area contributed by atoms with Gasteiger partial charge in [-0.25, -0.2) is 4.98 Å². The predicted octanol–water partition coefficient (Wildman–Crippen LogP) is 3.74. The van der Waals surface area contributed by atoms with E-state index in [1.807, 2.05) is 20.8 Å². The van der Waals surface area contributed by atoms with Crippen molar-refractivity contribution in [2.45, 2.75) is 47.5 Å². The highest BCUT2D eigenvalue weighted by Gasteiger charge is 2.06. The quantitative estimate of drug-likeness (QED) is 0.740. The summed E-state index contributed by atoms with van der Waals surface area (Å²) in [5, 5.41) is 0. The van der Waals surface area contributed by atoms with E-state index in [1.54, 1.807) is 0 Å². The lowest BCUT2D eigenvalue weighted by atomic mass is 10.2. The van der Waals surface area contributed by atoms with Gasteiger partial charge in [0.2, 0.25) is 0 Å². The minimum absolute atomic E-state index is 1.04. The van der Waals surface area contributed by atoms with Crippen LogP contribution in [0.4, 0.5) is 0 Å². The van der Waals surface area contributed by atoms with Gasteiger partial charge in [-0.3, -0.25) is 0 Å². The van der Waals surface area contributed by atoms with Gasteiger partial charge in [-0.15, -0.1) is 0 Å². The van der Waals surface area contributed by atoms with Gasteiger partial charge in [-0.1, -0.05) is 33.8 Å². The first-order valence-electron chi connectivity index (χ1n) is 5.89. The molecule has 0 bridgehead atoms. The van der Waals surface area contributed by atoms with E-state index in [0.717, 1.165) is 24.4 Å². The molecule has 0 saturated heterocycles. The van der Waals surface area contributed by atoms with E-state index in [0.29, 0.717) is 0 Å². The summed E-state index contributed by atoms with van der Waals surface area (Å²) in [5.41, 5.74) is 2.45. The molecule has 1 aromatic heterocycles. The predicted molar refractivity (Wildman–Crippen MR) is 68.0 cm³/mol. The molecular weight excluding hydrogens is 184 g/mol. The van der Waals surface area contributed by atoms with E-state index in [9.17, 15) is 0 Å². The Kier molecular flexibility index (Phi) is 6.76. The highest BCUT2D eigenvalue weighted by Crippen LogP contribution is 2.12. The maximum atomic E-state index is 4.49. The molecule has 2 nitrogen and oxygen atoms in total. The minimum Gasteiger partial charge on any atom is -0.335 e. The van der Waals surface area contributed by atoms with Crippen molar-refractivity contribution in [3.05, 3.63) is 23.3 Å². The highest BCUT2D eigenvalue weighted by atomic mass is 15.1. The van der Waals surface area contributed by atoms with Crippen molar-refractivity contribution in [3.8, 4) is 0 Å². The Hall–Kier alpha value is -1.05. The molecule has 15 heavy (non-hydrogen) atoms. The number of allylic oxidation sites excluding steroid dienone is 1. The standard InChI is InChI=1S/C11H18N2.C2H6/c1-5-7-8-10-11(6-2)13(4)9(3)12-10;1-2/h7-8H,5-6H2,1-4H3;1-2H3/b8-7-;. The Morgan fingerprint density at radius 1 is 1.27 bits per heavy atom. The van der Waals surface area contributed by atoms with Crippen LogP contribution in [0.5, 0.6) is 0 Å². The number of hydrogen-bond donors (Lipinski definition) is 0. The van der Waals surface area contributed by atoms with Crippen LogP contribution in [-0.4, -0.2) is 9.55 Å². The van der Waals surface area contributed by atoms with E-state index in [2.05, 4.69) is 42.6 Å². The molecule has 0 spiro atoms. The first-order valence-corrected chi connectivity index (χ1v) is 5.89. The van der Waals surface area contributed by atoms with Gasteiger partial charge in [0, 0.05) is 12.7 Å². The van der Waals surface area contributed by atoms with Crippen LogP contribution in [0.1, 0.15) is 51.3 Å². The van der Waals surface area contributed by atoms with Gasteiger partial charge in [0.05, 0.1) is 5.69 Å². The first kappa shape index (κ1) is 13.9. The number of imidazole rings is 1. The molecular formula is C13H24N2. The number of nitrogens with zero attached hydrogens (tertiary/aromatic N) is 2. The third-order valence-corrected chi connectivity index (χ3v) is 2.31. The molecule has 0 aromatic carbocycles. The molecule has 86 valence electrons. The number of hydrogen-bond acceptors (Lipinski definition) is 1. The second-order valence-electron chi connectivity index (χ2n) is 3.21. The fourth-order valence-corrected chi connectivity index (χ4v) is 1.46. The van der Waals surface area contributed by atoms with Gasteiger partial charge >= 0.3 is 0 Å². The summed E-state index contributed by atoms with van der Waals surface area (Å²) in [5.74, 6) is 1.09. The van der Waals surface area contributed by atoms with Gasteiger partial charge in [-0.05, 0) is 25.8 Å². The van der Waals surface area contributed by atoms with Crippen molar-refractivity contribution < 1.29 is 0 Å². The van der Waals surface area contributed by atoms with Crippen LogP contribution < -0.4 is 0 Å². The molecule has 1 rings (SSSR count). The van der Waals surface area contributed by atoms with E-state index in [-0.39, 0.29) is 0 Å². The summed E-state index contributed by atoms with van der Waals surface area (Å²) >= 11 is 0. The van der Waals surface area contributed by atoms with E-state index in [4.69, 9.17) is 0 Å². The summed E-state index contributed by atoms with van der Waals surface area (Å²) in [7, 11) is 2.07. The van der Waals surface area contributed by atoms with Crippen LogP contribution in [-0.2, 0) is 13.5 Å². The van der Waals surface area contributed by atoms with Crippen LogP contribution in [0, 0.1) is 6.92 Å². The smallest absolute Gasteiger partial charge is 0.106 e. The molecule has 0 fully saturated rings. The number of aromatic nitrogens is 2. The third kappa shape index (κ3) is 3.54. The van der Waals surface area contributed by atoms with Crippen molar-refractivity contribution >= 4 is 6.08 Å². The maximum absolute atomic E-state index is 4.49. The molecule has 0 atom stereocenters. The van der Waals surface area contributed by atoms with Crippen molar-refractivity contribution in [1.82, 2.24) is 9.55 Å². The SMILES string of the molecule is CC.CC/C=C\c1nc(C)n(C)c1CC. The third-order valence-electron chi connectivity index (χ3n) is 2.31. The molecule has 2 heteroatoms. The molecule has 0 aliphatic rings. The van der Waals surface area contributed by atoms with Crippen molar-refractivity contribution in [1.29, 1.82) is 0 Å². The van der Waals surface area contributed by atoms with Crippen LogP contribution in [0.25, 0.3) is 6.08 Å². The average Bonchev–Trinajstić information content (AvgIpc) is 2.54. The Balaban J connectivity index is 0.000000921. The van der Waals surface area contributed by atoms with Crippen LogP contribution in [0.3, 0.4) is 0 Å². The zero-order valence-electron chi connectivity index (χ0n) is 11.0.